The molecule has 5 aromatic rings. The Morgan fingerprint density at radius 2 is 1.81 bits per heavy atom. The summed E-state index contributed by atoms with van der Waals surface area (Å²) in [5.74, 6) is 1.81. The Bertz CT molecular complexity index is 1740. The zero-order valence-corrected chi connectivity index (χ0v) is 23.3. The maximum Gasteiger partial charge on any atom is 0.219 e. The monoisotopic (exact) mass is 567 g/mol. The Morgan fingerprint density at radius 3 is 2.57 bits per heavy atom. The van der Waals surface area contributed by atoms with Crippen molar-refractivity contribution in [2.75, 3.05) is 12.3 Å². The van der Waals surface area contributed by atoms with Crippen LogP contribution in [0.1, 0.15) is 31.2 Å². The Hall–Kier alpha value is -5.06. The maximum absolute atomic E-state index is 14.4. The molecule has 42 heavy (non-hydrogen) atoms. The van der Waals surface area contributed by atoms with Crippen LogP contribution in [0.15, 0.2) is 67.4 Å². The number of hydrogen-bond acceptors (Lipinski definition) is 8. The molecule has 1 fully saturated rings. The predicted octanol–water partition coefficient (Wildman–Crippen LogP) is 5.30. The molecular formula is C31H30FN7O3. The largest absolute Gasteiger partial charge is 0.489 e. The number of ether oxygens (including phenoxy) is 2. The molecule has 1 saturated heterocycles. The molecule has 1 aliphatic heterocycles. The smallest absolute Gasteiger partial charge is 0.219 e. The van der Waals surface area contributed by atoms with E-state index in [1.54, 1.807) is 32.3 Å². The number of rotatable bonds is 8. The van der Waals surface area contributed by atoms with Gasteiger partial charge < -0.3 is 24.7 Å². The number of amides is 1. The lowest BCUT2D eigenvalue weighted by Gasteiger charge is -2.23. The number of fused-ring (bicyclic) bond motifs is 1. The predicted molar refractivity (Wildman–Crippen MR) is 155 cm³/mol. The van der Waals surface area contributed by atoms with Crippen LogP contribution < -0.4 is 15.2 Å². The van der Waals surface area contributed by atoms with Gasteiger partial charge in [0.1, 0.15) is 53.3 Å². The van der Waals surface area contributed by atoms with E-state index in [4.69, 9.17) is 15.2 Å². The third kappa shape index (κ3) is 5.71. The Kier molecular flexibility index (Phi) is 7.39. The third-order valence-corrected chi connectivity index (χ3v) is 7.36. The Labute approximate surface area is 242 Å². The molecule has 0 saturated carbocycles. The number of aryl methyl sites for hydroxylation is 1. The third-order valence-electron chi connectivity index (χ3n) is 7.36. The number of anilines is 1. The minimum atomic E-state index is -0.479. The van der Waals surface area contributed by atoms with Crippen LogP contribution in [-0.4, -0.2) is 47.9 Å². The highest BCUT2D eigenvalue weighted by molar-refractivity contribution is 6.00. The first kappa shape index (κ1) is 27.1. The number of halogens is 1. The van der Waals surface area contributed by atoms with Gasteiger partial charge >= 0.3 is 0 Å². The lowest BCUT2D eigenvalue weighted by molar-refractivity contribution is -0.129. The van der Waals surface area contributed by atoms with Gasteiger partial charge in [0.25, 0.3) is 0 Å². The van der Waals surface area contributed by atoms with Crippen molar-refractivity contribution in [3.63, 3.8) is 0 Å². The quantitative estimate of drug-likeness (QED) is 0.268. The van der Waals surface area contributed by atoms with Gasteiger partial charge in [-0.2, -0.15) is 0 Å². The number of nitrogen functional groups attached to an aromatic ring is 1. The summed E-state index contributed by atoms with van der Waals surface area (Å²) in [4.78, 5) is 31.1. The van der Waals surface area contributed by atoms with E-state index in [0.717, 1.165) is 47.1 Å². The van der Waals surface area contributed by atoms with E-state index in [0.29, 0.717) is 35.4 Å². The number of nitrogens with zero attached hydrogens (tertiary/aromatic N) is 6. The molecule has 0 bridgehead atoms. The van der Waals surface area contributed by atoms with Gasteiger partial charge in [-0.15, -0.1) is 0 Å². The van der Waals surface area contributed by atoms with E-state index >= 15 is 0 Å². The molecule has 0 unspecified atom stereocenters. The fourth-order valence-electron chi connectivity index (χ4n) is 5.35. The van der Waals surface area contributed by atoms with Crippen molar-refractivity contribution in [3.8, 4) is 28.4 Å². The van der Waals surface area contributed by atoms with Gasteiger partial charge in [-0.25, -0.2) is 24.3 Å². The van der Waals surface area contributed by atoms with Crippen LogP contribution in [0.3, 0.4) is 0 Å². The van der Waals surface area contributed by atoms with Crippen molar-refractivity contribution in [1.29, 1.82) is 0 Å². The summed E-state index contributed by atoms with van der Waals surface area (Å²) in [7, 11) is 0. The van der Waals surface area contributed by atoms with Crippen molar-refractivity contribution >= 4 is 22.8 Å². The summed E-state index contributed by atoms with van der Waals surface area (Å²) in [6.45, 7) is 5.00. The van der Waals surface area contributed by atoms with Crippen molar-refractivity contribution in [2.45, 2.75) is 45.9 Å². The van der Waals surface area contributed by atoms with Crippen LogP contribution in [0.2, 0.25) is 0 Å². The van der Waals surface area contributed by atoms with Crippen LogP contribution in [0.25, 0.3) is 22.2 Å². The normalized spacial score (nSPS) is 14.8. The number of hydrogen-bond donors (Lipinski definition) is 1. The number of likely N-dealkylation sites (tertiary alicyclic amines) is 1. The van der Waals surface area contributed by atoms with Crippen LogP contribution >= 0.6 is 0 Å². The molecule has 4 heterocycles. The SMILES string of the molecule is CC(=O)N1CCC[C@@H]1Cn1cc(-c2ccc(Oc3cc(F)cc(OCc4cnc(C)nc4)c3)cc2)c2c(N)ncnc21. The summed E-state index contributed by atoms with van der Waals surface area (Å²) in [5, 5.41) is 0.754. The number of nitrogens with two attached hydrogens (primary N) is 1. The second kappa shape index (κ2) is 11.4. The second-order valence-electron chi connectivity index (χ2n) is 10.3. The van der Waals surface area contributed by atoms with Crippen molar-refractivity contribution < 1.29 is 18.7 Å². The summed E-state index contributed by atoms with van der Waals surface area (Å²) in [5.41, 5.74) is 9.58. The highest BCUT2D eigenvalue weighted by Crippen LogP contribution is 2.35. The first-order valence-electron chi connectivity index (χ1n) is 13.7. The molecule has 1 amide bonds. The van der Waals surface area contributed by atoms with E-state index in [1.165, 1.54) is 18.5 Å². The van der Waals surface area contributed by atoms with Crippen molar-refractivity contribution in [1.82, 2.24) is 29.4 Å². The van der Waals surface area contributed by atoms with Crippen LogP contribution in [0.4, 0.5) is 10.2 Å². The zero-order valence-electron chi connectivity index (χ0n) is 23.3. The Balaban J connectivity index is 1.21. The van der Waals surface area contributed by atoms with Gasteiger partial charge in [-0.05, 0) is 37.5 Å². The summed E-state index contributed by atoms with van der Waals surface area (Å²) in [6.07, 6.45) is 8.74. The van der Waals surface area contributed by atoms with E-state index in [9.17, 15) is 9.18 Å². The van der Waals surface area contributed by atoms with E-state index in [-0.39, 0.29) is 18.6 Å². The summed E-state index contributed by atoms with van der Waals surface area (Å²) in [6, 6.07) is 11.8. The molecule has 214 valence electrons. The van der Waals surface area contributed by atoms with Gasteiger partial charge in [0, 0.05) is 74.0 Å². The second-order valence-corrected chi connectivity index (χ2v) is 10.3. The highest BCUT2D eigenvalue weighted by Gasteiger charge is 2.28. The molecule has 6 rings (SSSR count). The maximum atomic E-state index is 14.4. The average Bonchev–Trinajstić information content (AvgIpc) is 3.59. The molecular weight excluding hydrogens is 537 g/mol. The molecule has 11 heteroatoms. The van der Waals surface area contributed by atoms with Crippen LogP contribution in [0.5, 0.6) is 17.2 Å². The number of aromatic nitrogens is 5. The number of carbonyl (C=O) groups is 1. The molecule has 0 radical (unpaired) electrons. The van der Waals surface area contributed by atoms with Crippen molar-refractivity contribution in [2.24, 2.45) is 0 Å². The minimum Gasteiger partial charge on any atom is -0.489 e. The zero-order chi connectivity index (χ0) is 29.2. The van der Waals surface area contributed by atoms with Gasteiger partial charge in [0.05, 0.1) is 5.39 Å². The highest BCUT2D eigenvalue weighted by atomic mass is 19.1. The van der Waals surface area contributed by atoms with Gasteiger partial charge in [-0.1, -0.05) is 12.1 Å². The van der Waals surface area contributed by atoms with Gasteiger partial charge in [-0.3, -0.25) is 4.79 Å². The topological polar surface area (TPSA) is 121 Å². The molecule has 1 aliphatic rings. The molecule has 1 atom stereocenters. The molecule has 0 aliphatic carbocycles. The molecule has 3 aromatic heterocycles. The standard InChI is InChI=1S/C31H30FN7O3/c1-19-34-13-21(14-35-19)17-41-26-10-23(32)11-27(12-26)42-25-7-5-22(6-8-25)28-16-38(31-29(28)30(33)36-18-37-31)15-24-4-3-9-39(24)20(2)40/h5-8,10-14,16,18,24H,3-4,9,15,17H2,1-2H3,(H2,33,36,37)/t24-/m1/s1. The molecule has 0 spiro atoms. The van der Waals surface area contributed by atoms with Crippen LogP contribution in [-0.2, 0) is 17.9 Å². The lowest BCUT2D eigenvalue weighted by atomic mass is 10.1. The van der Waals surface area contributed by atoms with E-state index < -0.39 is 5.82 Å². The summed E-state index contributed by atoms with van der Waals surface area (Å²) >= 11 is 0. The van der Waals surface area contributed by atoms with Gasteiger partial charge in [0.15, 0.2) is 0 Å². The molecule has 2 aromatic carbocycles. The minimum absolute atomic E-state index is 0.0803. The average molecular weight is 568 g/mol. The fraction of sp³-hybridized carbons (Fsp3) is 0.258. The first-order chi connectivity index (χ1) is 20.3. The Morgan fingerprint density at radius 1 is 1.05 bits per heavy atom. The number of benzene rings is 2. The lowest BCUT2D eigenvalue weighted by Crippen LogP contribution is -2.36. The fourth-order valence-corrected chi connectivity index (χ4v) is 5.35. The number of carbonyl (C=O) groups excluding carboxylic acids is 1. The van der Waals surface area contributed by atoms with Crippen LogP contribution in [0, 0.1) is 12.7 Å². The van der Waals surface area contributed by atoms with E-state index in [1.807, 2.05) is 35.4 Å². The molecule has 10 nitrogen and oxygen atoms in total. The molecule has 2 N–H and O–H groups in total. The van der Waals surface area contributed by atoms with E-state index in [2.05, 4.69) is 24.5 Å². The van der Waals surface area contributed by atoms with Gasteiger partial charge in [0.2, 0.25) is 5.91 Å². The van der Waals surface area contributed by atoms with Crippen molar-refractivity contribution in [3.05, 3.63) is 84.6 Å². The first-order valence-corrected chi connectivity index (χ1v) is 13.7. The summed E-state index contributed by atoms with van der Waals surface area (Å²) < 4.78 is 28.1.